The number of rotatable bonds is 2. The van der Waals surface area contributed by atoms with E-state index in [-0.39, 0.29) is 12.4 Å². The molecule has 0 aromatic carbocycles. The van der Waals surface area contributed by atoms with Gasteiger partial charge in [-0.2, -0.15) is 0 Å². The van der Waals surface area contributed by atoms with Gasteiger partial charge in [0.25, 0.3) is 0 Å². The van der Waals surface area contributed by atoms with Gasteiger partial charge in [-0.3, -0.25) is 4.79 Å². The second-order valence-electron chi connectivity index (χ2n) is 3.59. The number of hydrogen-bond donors (Lipinski definition) is 1. The Morgan fingerprint density at radius 3 is 3.00 bits per heavy atom. The zero-order valence-electron chi connectivity index (χ0n) is 9.23. The highest BCUT2D eigenvalue weighted by atomic mass is 16.5. The summed E-state index contributed by atoms with van der Waals surface area (Å²) in [5.74, 6) is -0.285. The Morgan fingerprint density at radius 1 is 1.56 bits per heavy atom. The van der Waals surface area contributed by atoms with E-state index in [2.05, 4.69) is 9.72 Å². The molecule has 0 aliphatic carbocycles. The van der Waals surface area contributed by atoms with Crippen LogP contribution < -0.4 is 5.73 Å². The molecular weight excluding hydrogens is 206 g/mol. The molecule has 0 aliphatic heterocycles. The third kappa shape index (κ3) is 1.71. The SMILES string of the molecule is COC(=O)Cc1c(C)nc2ccc(N)cn12. The first-order valence-electron chi connectivity index (χ1n) is 4.91. The quantitative estimate of drug-likeness (QED) is 0.763. The highest BCUT2D eigenvalue weighted by Gasteiger charge is 2.12. The third-order valence-electron chi connectivity index (χ3n) is 2.48. The van der Waals surface area contributed by atoms with Crippen LogP contribution in [0.25, 0.3) is 5.65 Å². The topological polar surface area (TPSA) is 69.6 Å². The Balaban J connectivity index is 2.54. The normalized spacial score (nSPS) is 10.6. The summed E-state index contributed by atoms with van der Waals surface area (Å²) in [7, 11) is 1.37. The van der Waals surface area contributed by atoms with Gasteiger partial charge in [0, 0.05) is 11.9 Å². The predicted molar refractivity (Wildman–Crippen MR) is 60.1 cm³/mol. The van der Waals surface area contributed by atoms with Gasteiger partial charge in [0.1, 0.15) is 5.65 Å². The molecule has 0 unspecified atom stereocenters. The molecule has 0 radical (unpaired) electrons. The molecule has 0 bridgehead atoms. The van der Waals surface area contributed by atoms with Crippen molar-refractivity contribution >= 4 is 17.3 Å². The van der Waals surface area contributed by atoms with Crippen molar-refractivity contribution in [1.82, 2.24) is 9.38 Å². The van der Waals surface area contributed by atoms with Crippen molar-refractivity contribution in [2.24, 2.45) is 0 Å². The zero-order chi connectivity index (χ0) is 11.7. The number of hydrogen-bond acceptors (Lipinski definition) is 4. The highest BCUT2D eigenvalue weighted by molar-refractivity contribution is 5.72. The van der Waals surface area contributed by atoms with Gasteiger partial charge < -0.3 is 14.9 Å². The first-order valence-corrected chi connectivity index (χ1v) is 4.91. The lowest BCUT2D eigenvalue weighted by atomic mass is 10.2. The Hall–Kier alpha value is -2.04. The molecule has 0 aliphatic rings. The minimum Gasteiger partial charge on any atom is -0.469 e. The zero-order valence-corrected chi connectivity index (χ0v) is 9.23. The summed E-state index contributed by atoms with van der Waals surface area (Å²) in [5.41, 5.74) is 8.75. The third-order valence-corrected chi connectivity index (χ3v) is 2.48. The molecule has 2 N–H and O–H groups in total. The Labute approximate surface area is 92.8 Å². The summed E-state index contributed by atoms with van der Waals surface area (Å²) in [6.45, 7) is 1.86. The van der Waals surface area contributed by atoms with Crippen LogP contribution in [0.2, 0.25) is 0 Å². The Kier molecular flexibility index (Phi) is 2.52. The van der Waals surface area contributed by atoms with E-state index >= 15 is 0 Å². The van der Waals surface area contributed by atoms with E-state index in [1.165, 1.54) is 7.11 Å². The molecule has 0 spiro atoms. The number of fused-ring (bicyclic) bond motifs is 1. The van der Waals surface area contributed by atoms with Crippen molar-refractivity contribution in [2.45, 2.75) is 13.3 Å². The number of aryl methyl sites for hydroxylation is 1. The highest BCUT2D eigenvalue weighted by Crippen LogP contribution is 2.15. The van der Waals surface area contributed by atoms with Crippen LogP contribution in [0, 0.1) is 6.92 Å². The summed E-state index contributed by atoms with van der Waals surface area (Å²) < 4.78 is 6.47. The van der Waals surface area contributed by atoms with E-state index in [0.29, 0.717) is 5.69 Å². The van der Waals surface area contributed by atoms with Crippen molar-refractivity contribution in [3.63, 3.8) is 0 Å². The Morgan fingerprint density at radius 2 is 2.31 bits per heavy atom. The number of nitrogens with zero attached hydrogens (tertiary/aromatic N) is 2. The summed E-state index contributed by atoms with van der Waals surface area (Å²) >= 11 is 0. The minimum absolute atomic E-state index is 0.201. The molecular formula is C11H13N3O2. The van der Waals surface area contributed by atoms with Crippen LogP contribution >= 0.6 is 0 Å². The largest absolute Gasteiger partial charge is 0.469 e. The number of carbonyl (C=O) groups excluding carboxylic acids is 1. The van der Waals surface area contributed by atoms with Gasteiger partial charge >= 0.3 is 5.97 Å². The number of methoxy groups -OCH3 is 1. The van der Waals surface area contributed by atoms with Crippen LogP contribution in [-0.2, 0) is 16.0 Å². The summed E-state index contributed by atoms with van der Waals surface area (Å²) in [5, 5.41) is 0. The number of aromatic nitrogens is 2. The first kappa shape index (κ1) is 10.5. The van der Waals surface area contributed by atoms with Crippen LogP contribution in [-0.4, -0.2) is 22.5 Å². The summed E-state index contributed by atoms with van der Waals surface area (Å²) in [6.07, 6.45) is 1.96. The molecule has 2 aromatic heterocycles. The number of imidazole rings is 1. The van der Waals surface area contributed by atoms with Crippen molar-refractivity contribution in [3.05, 3.63) is 29.7 Å². The van der Waals surface area contributed by atoms with E-state index in [1.807, 2.05) is 17.4 Å². The lowest BCUT2D eigenvalue weighted by molar-refractivity contribution is -0.139. The number of esters is 1. The minimum atomic E-state index is -0.285. The molecule has 5 heteroatoms. The molecule has 0 amide bonds. The van der Waals surface area contributed by atoms with E-state index < -0.39 is 0 Å². The van der Waals surface area contributed by atoms with Gasteiger partial charge in [0.05, 0.1) is 24.9 Å². The predicted octanol–water partition coefficient (Wildman–Crippen LogP) is 0.940. The van der Waals surface area contributed by atoms with Gasteiger partial charge in [0.2, 0.25) is 0 Å². The van der Waals surface area contributed by atoms with E-state index in [1.54, 1.807) is 12.3 Å². The van der Waals surface area contributed by atoms with E-state index in [0.717, 1.165) is 17.0 Å². The molecule has 84 valence electrons. The smallest absolute Gasteiger partial charge is 0.311 e. The average molecular weight is 219 g/mol. The number of pyridine rings is 1. The second-order valence-corrected chi connectivity index (χ2v) is 3.59. The number of nitrogens with two attached hydrogens (primary N) is 1. The molecule has 2 aromatic rings. The van der Waals surface area contributed by atoms with Crippen molar-refractivity contribution < 1.29 is 9.53 Å². The maximum Gasteiger partial charge on any atom is 0.311 e. The second kappa shape index (κ2) is 3.84. The average Bonchev–Trinajstić information content (AvgIpc) is 2.55. The standard InChI is InChI=1S/C11H13N3O2/c1-7-9(5-11(15)16-2)14-6-8(12)3-4-10(14)13-7/h3-4,6H,5,12H2,1-2H3. The fourth-order valence-corrected chi connectivity index (χ4v) is 1.65. The molecule has 0 saturated heterocycles. The van der Waals surface area contributed by atoms with Gasteiger partial charge in [-0.15, -0.1) is 0 Å². The maximum atomic E-state index is 11.3. The molecule has 0 saturated carbocycles. The number of anilines is 1. The van der Waals surface area contributed by atoms with Crippen LogP contribution in [0.1, 0.15) is 11.4 Å². The van der Waals surface area contributed by atoms with Crippen molar-refractivity contribution in [1.29, 1.82) is 0 Å². The molecule has 2 heterocycles. The van der Waals surface area contributed by atoms with Crippen LogP contribution in [0.5, 0.6) is 0 Å². The van der Waals surface area contributed by atoms with Crippen LogP contribution in [0.4, 0.5) is 5.69 Å². The fourth-order valence-electron chi connectivity index (χ4n) is 1.65. The molecule has 0 fully saturated rings. The molecule has 0 atom stereocenters. The lowest BCUT2D eigenvalue weighted by Gasteiger charge is -2.02. The van der Waals surface area contributed by atoms with Crippen molar-refractivity contribution in [2.75, 3.05) is 12.8 Å². The summed E-state index contributed by atoms with van der Waals surface area (Å²) in [6, 6.07) is 3.60. The van der Waals surface area contributed by atoms with Crippen LogP contribution in [0.3, 0.4) is 0 Å². The van der Waals surface area contributed by atoms with Gasteiger partial charge in [-0.1, -0.05) is 0 Å². The van der Waals surface area contributed by atoms with Crippen LogP contribution in [0.15, 0.2) is 18.3 Å². The fraction of sp³-hybridized carbons (Fsp3) is 0.273. The number of carbonyl (C=O) groups is 1. The first-order chi connectivity index (χ1) is 7.61. The summed E-state index contributed by atoms with van der Waals surface area (Å²) in [4.78, 5) is 15.6. The lowest BCUT2D eigenvalue weighted by Crippen LogP contribution is -2.08. The Bertz CT molecular complexity index is 545. The molecule has 16 heavy (non-hydrogen) atoms. The molecule has 5 nitrogen and oxygen atoms in total. The monoisotopic (exact) mass is 219 g/mol. The van der Waals surface area contributed by atoms with Gasteiger partial charge in [0.15, 0.2) is 0 Å². The van der Waals surface area contributed by atoms with E-state index in [4.69, 9.17) is 5.73 Å². The van der Waals surface area contributed by atoms with E-state index in [9.17, 15) is 4.79 Å². The maximum absolute atomic E-state index is 11.3. The number of nitrogen functional groups attached to an aromatic ring is 1. The number of ether oxygens (including phenoxy) is 1. The van der Waals surface area contributed by atoms with Gasteiger partial charge in [-0.05, 0) is 19.1 Å². The van der Waals surface area contributed by atoms with Crippen molar-refractivity contribution in [3.8, 4) is 0 Å². The van der Waals surface area contributed by atoms with Gasteiger partial charge in [-0.25, -0.2) is 4.98 Å². The molecule has 2 rings (SSSR count).